The highest BCUT2D eigenvalue weighted by molar-refractivity contribution is 7.16. The molecule has 0 radical (unpaired) electrons. The minimum atomic E-state index is 0.388. The number of allylic oxidation sites excluding steroid dienone is 6. The number of hydrogen-bond acceptors (Lipinski definition) is 7. The van der Waals surface area contributed by atoms with Crippen LogP contribution in [0, 0.1) is 5.92 Å². The number of aromatic nitrogens is 2. The standard InChI is InChI=1S/C19H19N3O3S/c1-12-5-3-7-13(8-4-6-12)18-20-11-15(26-18)17-21-16-14(22-23-2)9-10-24-19(16)25-17/h3-5,7-8,11-12H,6,9-10H2,1-2H3. The summed E-state index contributed by atoms with van der Waals surface area (Å²) < 4.78 is 11.3. The van der Waals surface area contributed by atoms with E-state index in [4.69, 9.17) is 14.0 Å². The Labute approximate surface area is 155 Å². The summed E-state index contributed by atoms with van der Waals surface area (Å²) in [5.74, 6) is 1.43. The quantitative estimate of drug-likeness (QED) is 0.747. The zero-order valence-electron chi connectivity index (χ0n) is 14.6. The first-order valence-electron chi connectivity index (χ1n) is 8.50. The van der Waals surface area contributed by atoms with E-state index in [0.29, 0.717) is 36.5 Å². The van der Waals surface area contributed by atoms with Gasteiger partial charge in [0.15, 0.2) is 5.69 Å². The van der Waals surface area contributed by atoms with E-state index in [1.165, 1.54) is 18.4 Å². The molecule has 26 heavy (non-hydrogen) atoms. The summed E-state index contributed by atoms with van der Waals surface area (Å²) in [6, 6.07) is 0. The van der Waals surface area contributed by atoms with Crippen LogP contribution in [-0.2, 0) is 4.84 Å². The van der Waals surface area contributed by atoms with Crippen LogP contribution >= 0.6 is 11.3 Å². The van der Waals surface area contributed by atoms with Gasteiger partial charge in [0.2, 0.25) is 5.89 Å². The minimum absolute atomic E-state index is 0.388. The molecule has 7 heteroatoms. The number of thiazole rings is 1. The molecular weight excluding hydrogens is 350 g/mol. The average Bonchev–Trinajstić information content (AvgIpc) is 3.25. The lowest BCUT2D eigenvalue weighted by Crippen LogP contribution is -2.15. The molecule has 1 unspecified atom stereocenters. The molecule has 4 rings (SSSR count). The van der Waals surface area contributed by atoms with E-state index in [9.17, 15) is 0 Å². The normalized spacial score (nSPS) is 20.9. The fourth-order valence-electron chi connectivity index (χ4n) is 2.79. The summed E-state index contributed by atoms with van der Waals surface area (Å²) in [6.07, 6.45) is 14.1. The predicted molar refractivity (Wildman–Crippen MR) is 101 cm³/mol. The third-order valence-corrected chi connectivity index (χ3v) is 5.16. The first kappa shape index (κ1) is 16.8. The van der Waals surface area contributed by atoms with Crippen molar-refractivity contribution >= 4 is 22.6 Å². The van der Waals surface area contributed by atoms with E-state index >= 15 is 0 Å². The van der Waals surface area contributed by atoms with E-state index < -0.39 is 0 Å². The van der Waals surface area contributed by atoms with Gasteiger partial charge in [0.05, 0.1) is 12.8 Å². The molecule has 1 aliphatic heterocycles. The van der Waals surface area contributed by atoms with Gasteiger partial charge in [0.1, 0.15) is 22.7 Å². The maximum atomic E-state index is 5.78. The van der Waals surface area contributed by atoms with Crippen molar-refractivity contribution in [3.05, 3.63) is 47.3 Å². The molecular formula is C19H19N3O3S. The Balaban J connectivity index is 1.64. The molecule has 0 saturated carbocycles. The number of rotatable bonds is 3. The van der Waals surface area contributed by atoms with Crippen molar-refractivity contribution in [2.75, 3.05) is 13.7 Å². The van der Waals surface area contributed by atoms with Crippen molar-refractivity contribution in [1.29, 1.82) is 0 Å². The van der Waals surface area contributed by atoms with Gasteiger partial charge >= 0.3 is 5.95 Å². The van der Waals surface area contributed by atoms with Gasteiger partial charge in [-0.3, -0.25) is 0 Å². The van der Waals surface area contributed by atoms with Crippen LogP contribution in [-0.4, -0.2) is 29.4 Å². The van der Waals surface area contributed by atoms with E-state index in [0.717, 1.165) is 27.6 Å². The lowest BCUT2D eigenvalue weighted by molar-refractivity contribution is 0.206. The molecule has 0 fully saturated rings. The Kier molecular flexibility index (Phi) is 4.71. The number of hydrogen-bond donors (Lipinski definition) is 0. The smallest absolute Gasteiger partial charge is 0.315 e. The summed E-state index contributed by atoms with van der Waals surface area (Å²) in [5, 5.41) is 4.94. The number of ether oxygens (including phenoxy) is 1. The molecule has 134 valence electrons. The maximum Gasteiger partial charge on any atom is 0.315 e. The molecule has 0 bridgehead atoms. The van der Waals surface area contributed by atoms with Gasteiger partial charge < -0.3 is 14.0 Å². The van der Waals surface area contributed by atoms with Crippen molar-refractivity contribution in [2.45, 2.75) is 19.8 Å². The Bertz CT molecular complexity index is 920. The predicted octanol–water partition coefficient (Wildman–Crippen LogP) is 4.47. The largest absolute Gasteiger partial charge is 0.463 e. The Morgan fingerprint density at radius 1 is 1.38 bits per heavy atom. The van der Waals surface area contributed by atoms with Crippen LogP contribution in [0.15, 0.2) is 46.1 Å². The zero-order valence-corrected chi connectivity index (χ0v) is 15.5. The van der Waals surface area contributed by atoms with Crippen LogP contribution in [0.2, 0.25) is 0 Å². The minimum Gasteiger partial charge on any atom is -0.463 e. The highest BCUT2D eigenvalue weighted by Crippen LogP contribution is 2.35. The third kappa shape index (κ3) is 3.35. The molecule has 2 aromatic rings. The molecule has 3 heterocycles. The topological polar surface area (TPSA) is 69.7 Å². The van der Waals surface area contributed by atoms with Gasteiger partial charge in [-0.05, 0) is 12.3 Å². The van der Waals surface area contributed by atoms with Crippen molar-refractivity contribution in [1.82, 2.24) is 9.97 Å². The second-order valence-corrected chi connectivity index (χ2v) is 7.16. The van der Waals surface area contributed by atoms with E-state index in [2.05, 4.69) is 52.4 Å². The van der Waals surface area contributed by atoms with Gasteiger partial charge in [-0.1, -0.05) is 42.5 Å². The lowest BCUT2D eigenvalue weighted by Gasteiger charge is -2.10. The summed E-state index contributed by atoms with van der Waals surface area (Å²) in [7, 11) is 1.52. The van der Waals surface area contributed by atoms with Gasteiger partial charge in [-0.2, -0.15) is 0 Å². The molecule has 0 saturated heterocycles. The molecule has 2 aliphatic rings. The highest BCUT2D eigenvalue weighted by atomic mass is 32.1. The first-order chi connectivity index (χ1) is 12.7. The lowest BCUT2D eigenvalue weighted by atomic mass is 10.0. The van der Waals surface area contributed by atoms with Crippen molar-refractivity contribution in [3.8, 4) is 16.7 Å². The van der Waals surface area contributed by atoms with Gasteiger partial charge in [-0.15, -0.1) is 11.3 Å². The third-order valence-electron chi connectivity index (χ3n) is 4.13. The molecule has 0 N–H and O–H groups in total. The van der Waals surface area contributed by atoms with Crippen molar-refractivity contribution in [2.24, 2.45) is 11.1 Å². The van der Waals surface area contributed by atoms with Crippen LogP contribution in [0.25, 0.3) is 16.3 Å². The summed E-state index contributed by atoms with van der Waals surface area (Å²) in [5.41, 5.74) is 2.42. The Morgan fingerprint density at radius 3 is 3.19 bits per heavy atom. The monoisotopic (exact) mass is 369 g/mol. The van der Waals surface area contributed by atoms with Crippen molar-refractivity contribution in [3.63, 3.8) is 0 Å². The van der Waals surface area contributed by atoms with Crippen LogP contribution in [0.1, 0.15) is 30.5 Å². The molecule has 2 aromatic heterocycles. The summed E-state index contributed by atoms with van der Waals surface area (Å²) in [6.45, 7) is 2.70. The van der Waals surface area contributed by atoms with Crippen LogP contribution in [0.3, 0.4) is 0 Å². The molecule has 0 amide bonds. The molecule has 0 spiro atoms. The van der Waals surface area contributed by atoms with Crippen LogP contribution < -0.4 is 4.74 Å². The second kappa shape index (κ2) is 7.29. The Morgan fingerprint density at radius 2 is 2.31 bits per heavy atom. The van der Waals surface area contributed by atoms with E-state index in [-0.39, 0.29) is 0 Å². The van der Waals surface area contributed by atoms with E-state index in [1.807, 2.05) is 0 Å². The maximum absolute atomic E-state index is 5.78. The number of oxime groups is 1. The van der Waals surface area contributed by atoms with Crippen molar-refractivity contribution < 1.29 is 14.0 Å². The zero-order chi connectivity index (χ0) is 17.9. The summed E-state index contributed by atoms with van der Waals surface area (Å²) in [4.78, 5) is 14.8. The van der Waals surface area contributed by atoms with Crippen LogP contribution in [0.4, 0.5) is 0 Å². The molecule has 0 aromatic carbocycles. The fraction of sp³-hybridized carbons (Fsp3) is 0.316. The number of nitrogens with zero attached hydrogens (tertiary/aromatic N) is 3. The second-order valence-electron chi connectivity index (χ2n) is 6.13. The SMILES string of the molecule is CON=C1CCOc2oc(-c3cnc(C4=CC=CC(C)CC=C4)s3)nc21. The highest BCUT2D eigenvalue weighted by Gasteiger charge is 2.26. The van der Waals surface area contributed by atoms with Gasteiger partial charge in [0, 0.05) is 12.0 Å². The fourth-order valence-corrected chi connectivity index (χ4v) is 3.64. The van der Waals surface area contributed by atoms with Crippen LogP contribution in [0.5, 0.6) is 5.95 Å². The molecule has 1 atom stereocenters. The number of oxazole rings is 1. The molecule has 6 nitrogen and oxygen atoms in total. The Hall–Kier alpha value is -2.67. The average molecular weight is 369 g/mol. The summed E-state index contributed by atoms with van der Waals surface area (Å²) >= 11 is 1.54. The van der Waals surface area contributed by atoms with Gasteiger partial charge in [-0.25, -0.2) is 9.97 Å². The molecule has 1 aliphatic carbocycles. The number of fused-ring (bicyclic) bond motifs is 1. The van der Waals surface area contributed by atoms with Gasteiger partial charge in [0.25, 0.3) is 0 Å². The first-order valence-corrected chi connectivity index (χ1v) is 9.32. The van der Waals surface area contributed by atoms with E-state index in [1.54, 1.807) is 6.20 Å².